The van der Waals surface area contributed by atoms with E-state index in [2.05, 4.69) is 10.4 Å². The number of hydrogen-bond acceptors (Lipinski definition) is 3. The number of ketones is 1. The number of fused-ring (bicyclic) bond motifs is 1. The standard InChI is InChI=1S/C14H15N3O/c1-2-17-13(6-8-16-17)14(18)11-3-4-12-10(9-11)5-7-15-12/h3-4,6,8-9,15H,2,5,7H2,1H3. The van der Waals surface area contributed by atoms with Crippen LogP contribution in [0, 0.1) is 0 Å². The maximum Gasteiger partial charge on any atom is 0.211 e. The number of carbonyl (C=O) groups excluding carboxylic acids is 1. The van der Waals surface area contributed by atoms with Gasteiger partial charge in [0.1, 0.15) is 5.69 Å². The molecule has 4 heteroatoms. The molecule has 0 aliphatic carbocycles. The molecule has 4 nitrogen and oxygen atoms in total. The Morgan fingerprint density at radius 2 is 2.33 bits per heavy atom. The summed E-state index contributed by atoms with van der Waals surface area (Å²) in [6.07, 6.45) is 2.66. The average Bonchev–Trinajstić information content (AvgIpc) is 3.05. The summed E-state index contributed by atoms with van der Waals surface area (Å²) in [5.74, 6) is 0.0454. The van der Waals surface area contributed by atoms with Crippen molar-refractivity contribution in [2.75, 3.05) is 11.9 Å². The van der Waals surface area contributed by atoms with Gasteiger partial charge in [0, 0.05) is 30.5 Å². The summed E-state index contributed by atoms with van der Waals surface area (Å²) in [6.45, 7) is 3.65. The predicted octanol–water partition coefficient (Wildman–Crippen LogP) is 2.10. The molecule has 0 amide bonds. The highest BCUT2D eigenvalue weighted by atomic mass is 16.1. The summed E-state index contributed by atoms with van der Waals surface area (Å²) in [4.78, 5) is 12.4. The average molecular weight is 241 g/mol. The van der Waals surface area contributed by atoms with Crippen molar-refractivity contribution in [1.82, 2.24) is 9.78 Å². The van der Waals surface area contributed by atoms with Crippen LogP contribution in [0.1, 0.15) is 28.5 Å². The van der Waals surface area contributed by atoms with Crippen molar-refractivity contribution in [3.8, 4) is 0 Å². The molecule has 0 bridgehead atoms. The Morgan fingerprint density at radius 1 is 1.44 bits per heavy atom. The summed E-state index contributed by atoms with van der Waals surface area (Å²) in [6, 6.07) is 7.64. The molecular formula is C14H15N3O. The van der Waals surface area contributed by atoms with Crippen molar-refractivity contribution in [2.45, 2.75) is 19.9 Å². The van der Waals surface area contributed by atoms with E-state index in [0.29, 0.717) is 12.2 Å². The highest BCUT2D eigenvalue weighted by molar-refractivity contribution is 6.08. The SMILES string of the molecule is CCn1nccc1C(=O)c1ccc2c(c1)CCN2. The van der Waals surface area contributed by atoms with Crippen LogP contribution in [-0.2, 0) is 13.0 Å². The summed E-state index contributed by atoms with van der Waals surface area (Å²) >= 11 is 0. The molecule has 1 aliphatic rings. The van der Waals surface area contributed by atoms with E-state index in [1.165, 1.54) is 5.56 Å². The van der Waals surface area contributed by atoms with E-state index < -0.39 is 0 Å². The molecule has 3 rings (SSSR count). The van der Waals surface area contributed by atoms with Gasteiger partial charge in [-0.3, -0.25) is 9.48 Å². The zero-order valence-corrected chi connectivity index (χ0v) is 10.3. The number of carbonyl (C=O) groups is 1. The monoisotopic (exact) mass is 241 g/mol. The molecule has 0 saturated heterocycles. The highest BCUT2D eigenvalue weighted by Gasteiger charge is 2.17. The molecular weight excluding hydrogens is 226 g/mol. The third-order valence-corrected chi connectivity index (χ3v) is 3.33. The Balaban J connectivity index is 1.98. The van der Waals surface area contributed by atoms with E-state index >= 15 is 0 Å². The van der Waals surface area contributed by atoms with Crippen LogP contribution in [0.15, 0.2) is 30.5 Å². The van der Waals surface area contributed by atoms with Gasteiger partial charge in [0.05, 0.1) is 0 Å². The lowest BCUT2D eigenvalue weighted by molar-refractivity contribution is 0.102. The molecule has 1 N–H and O–H groups in total. The number of rotatable bonds is 3. The molecule has 2 heterocycles. The van der Waals surface area contributed by atoms with E-state index in [0.717, 1.165) is 24.2 Å². The first-order valence-corrected chi connectivity index (χ1v) is 6.23. The van der Waals surface area contributed by atoms with Crippen LogP contribution in [0.25, 0.3) is 0 Å². The van der Waals surface area contributed by atoms with Gasteiger partial charge in [0.2, 0.25) is 5.78 Å². The number of aryl methyl sites for hydroxylation is 1. The Bertz CT molecular complexity index is 601. The summed E-state index contributed by atoms with van der Waals surface area (Å²) in [5, 5.41) is 7.43. The zero-order chi connectivity index (χ0) is 12.5. The van der Waals surface area contributed by atoms with E-state index in [1.54, 1.807) is 16.9 Å². The van der Waals surface area contributed by atoms with Gasteiger partial charge in [0.15, 0.2) is 0 Å². The Hall–Kier alpha value is -2.10. The topological polar surface area (TPSA) is 46.9 Å². The van der Waals surface area contributed by atoms with Crippen LogP contribution >= 0.6 is 0 Å². The fraction of sp³-hybridized carbons (Fsp3) is 0.286. The van der Waals surface area contributed by atoms with Crippen molar-refractivity contribution >= 4 is 11.5 Å². The number of hydrogen-bond donors (Lipinski definition) is 1. The zero-order valence-electron chi connectivity index (χ0n) is 10.3. The van der Waals surface area contributed by atoms with Crippen molar-refractivity contribution < 1.29 is 4.79 Å². The smallest absolute Gasteiger partial charge is 0.211 e. The second kappa shape index (κ2) is 4.29. The van der Waals surface area contributed by atoms with Gasteiger partial charge in [-0.2, -0.15) is 5.10 Å². The van der Waals surface area contributed by atoms with Crippen LogP contribution in [0.3, 0.4) is 0 Å². The second-order valence-electron chi connectivity index (χ2n) is 4.41. The molecule has 1 aromatic heterocycles. The molecule has 1 aliphatic heterocycles. The molecule has 92 valence electrons. The second-order valence-corrected chi connectivity index (χ2v) is 4.41. The van der Waals surface area contributed by atoms with Gasteiger partial charge in [-0.1, -0.05) is 0 Å². The normalized spacial score (nSPS) is 13.2. The minimum atomic E-state index is 0.0454. The quantitative estimate of drug-likeness (QED) is 0.837. The maximum absolute atomic E-state index is 12.4. The lowest BCUT2D eigenvalue weighted by Crippen LogP contribution is -2.10. The Labute approximate surface area is 106 Å². The number of anilines is 1. The fourth-order valence-corrected chi connectivity index (χ4v) is 2.37. The number of nitrogens with one attached hydrogen (secondary N) is 1. The molecule has 0 unspecified atom stereocenters. The third kappa shape index (κ3) is 1.70. The minimum absolute atomic E-state index is 0.0454. The molecule has 0 saturated carbocycles. The van der Waals surface area contributed by atoms with Crippen molar-refractivity contribution in [3.63, 3.8) is 0 Å². The summed E-state index contributed by atoms with van der Waals surface area (Å²) < 4.78 is 1.73. The lowest BCUT2D eigenvalue weighted by Gasteiger charge is -2.06. The molecule has 0 atom stereocenters. The van der Waals surface area contributed by atoms with Crippen molar-refractivity contribution in [3.05, 3.63) is 47.3 Å². The summed E-state index contributed by atoms with van der Waals surface area (Å²) in [5.41, 5.74) is 3.77. The number of benzene rings is 1. The summed E-state index contributed by atoms with van der Waals surface area (Å²) in [7, 11) is 0. The van der Waals surface area contributed by atoms with Crippen LogP contribution in [0.2, 0.25) is 0 Å². The van der Waals surface area contributed by atoms with Gasteiger partial charge < -0.3 is 5.32 Å². The first-order chi connectivity index (χ1) is 8.79. The maximum atomic E-state index is 12.4. The molecule has 18 heavy (non-hydrogen) atoms. The molecule has 1 aromatic carbocycles. The Morgan fingerprint density at radius 3 is 3.17 bits per heavy atom. The lowest BCUT2D eigenvalue weighted by atomic mass is 10.0. The fourth-order valence-electron chi connectivity index (χ4n) is 2.37. The van der Waals surface area contributed by atoms with Crippen LogP contribution in [0.5, 0.6) is 0 Å². The van der Waals surface area contributed by atoms with Gasteiger partial charge in [0.25, 0.3) is 0 Å². The van der Waals surface area contributed by atoms with E-state index in [-0.39, 0.29) is 5.78 Å². The highest BCUT2D eigenvalue weighted by Crippen LogP contribution is 2.24. The first kappa shape index (κ1) is 11.0. The van der Waals surface area contributed by atoms with E-state index in [9.17, 15) is 4.79 Å². The van der Waals surface area contributed by atoms with Crippen LogP contribution < -0.4 is 5.32 Å². The van der Waals surface area contributed by atoms with Gasteiger partial charge in [-0.05, 0) is 43.2 Å². The van der Waals surface area contributed by atoms with E-state index in [1.807, 2.05) is 25.1 Å². The van der Waals surface area contributed by atoms with Crippen molar-refractivity contribution in [1.29, 1.82) is 0 Å². The Kier molecular flexibility index (Phi) is 2.63. The van der Waals surface area contributed by atoms with Gasteiger partial charge in [-0.25, -0.2) is 0 Å². The number of aromatic nitrogens is 2. The van der Waals surface area contributed by atoms with E-state index in [4.69, 9.17) is 0 Å². The van der Waals surface area contributed by atoms with Crippen LogP contribution in [0.4, 0.5) is 5.69 Å². The largest absolute Gasteiger partial charge is 0.384 e. The third-order valence-electron chi connectivity index (χ3n) is 3.33. The molecule has 0 fully saturated rings. The number of nitrogens with zero attached hydrogens (tertiary/aromatic N) is 2. The van der Waals surface area contributed by atoms with Crippen LogP contribution in [-0.4, -0.2) is 22.1 Å². The van der Waals surface area contributed by atoms with Gasteiger partial charge in [-0.15, -0.1) is 0 Å². The van der Waals surface area contributed by atoms with Gasteiger partial charge >= 0.3 is 0 Å². The molecule has 2 aromatic rings. The molecule has 0 spiro atoms. The minimum Gasteiger partial charge on any atom is -0.384 e. The molecule has 0 radical (unpaired) electrons. The predicted molar refractivity (Wildman–Crippen MR) is 70.0 cm³/mol. The first-order valence-electron chi connectivity index (χ1n) is 6.23. The van der Waals surface area contributed by atoms with Crippen molar-refractivity contribution in [2.24, 2.45) is 0 Å².